The number of fused-ring (bicyclic) bond motifs is 1. The Morgan fingerprint density at radius 3 is 2.56 bits per heavy atom. The minimum Gasteiger partial charge on any atom is -0.490 e. The Morgan fingerprint density at radius 2 is 1.90 bits per heavy atom. The summed E-state index contributed by atoms with van der Waals surface area (Å²) in [5.74, 6) is 1.31. The Morgan fingerprint density at radius 1 is 1.15 bits per heavy atom. The Balaban J connectivity index is 1.67. The fourth-order valence-electron chi connectivity index (χ4n) is 3.84. The van der Waals surface area contributed by atoms with Crippen LogP contribution >= 0.6 is 27.5 Å². The van der Waals surface area contributed by atoms with E-state index in [1.807, 2.05) is 32.9 Å². The van der Waals surface area contributed by atoms with Crippen molar-refractivity contribution in [2.75, 3.05) is 6.61 Å². The lowest BCUT2D eigenvalue weighted by Gasteiger charge is -2.15. The summed E-state index contributed by atoms with van der Waals surface area (Å²) in [5, 5.41) is 16.1. The van der Waals surface area contributed by atoms with Gasteiger partial charge in [-0.2, -0.15) is 9.78 Å². The number of nitro benzene ring substituents is 1. The van der Waals surface area contributed by atoms with Crippen LogP contribution in [0.25, 0.3) is 10.9 Å². The third-order valence-electron chi connectivity index (χ3n) is 6.07. The molecule has 0 aliphatic carbocycles. The van der Waals surface area contributed by atoms with Gasteiger partial charge in [-0.3, -0.25) is 14.9 Å². The lowest BCUT2D eigenvalue weighted by Crippen LogP contribution is -2.23. The molecule has 4 aromatic rings. The van der Waals surface area contributed by atoms with E-state index in [4.69, 9.17) is 26.1 Å². The number of non-ortho nitro benzene ring substituents is 1. The number of hydrogen-bond acceptors (Lipinski definition) is 7. The first kappa shape index (κ1) is 28.3. The normalized spacial score (nSPS) is 12.1. The van der Waals surface area contributed by atoms with Crippen LogP contribution in [0.5, 0.6) is 11.5 Å². The smallest absolute Gasteiger partial charge is 0.282 e. The second kappa shape index (κ2) is 12.4. The fraction of sp³-hybridized carbons (Fsp3) is 0.250. The molecule has 11 heteroatoms. The first-order chi connectivity index (χ1) is 18.7. The monoisotopic (exact) mass is 612 g/mol. The molecule has 0 bridgehead atoms. The van der Waals surface area contributed by atoms with Crippen LogP contribution in [-0.4, -0.2) is 27.4 Å². The van der Waals surface area contributed by atoms with Gasteiger partial charge in [0.25, 0.3) is 11.2 Å². The highest BCUT2D eigenvalue weighted by Crippen LogP contribution is 2.37. The molecular weight excluding hydrogens is 588 g/mol. The second-order valence-corrected chi connectivity index (χ2v) is 10.1. The molecule has 0 aliphatic rings. The Labute approximate surface area is 238 Å². The van der Waals surface area contributed by atoms with Gasteiger partial charge in [-0.1, -0.05) is 41.4 Å². The van der Waals surface area contributed by atoms with Crippen molar-refractivity contribution in [3.63, 3.8) is 0 Å². The van der Waals surface area contributed by atoms with E-state index in [0.29, 0.717) is 45.4 Å². The standard InChI is InChI=1S/C28H26BrClN4O5/c1-4-17(3)27-32-24-11-8-20(29)14-22(24)28(35)33(27)31-15-19-12-23(30)26(25(13-19)38-5-2)39-16-18-6-9-21(10-7-18)34(36)37/h6-15,17H,4-5,16H2,1-3H3/t17-/m0/s1. The SMILES string of the molecule is CCOc1cc(C=Nn2c([C@@H](C)CC)nc3ccc(Br)cc3c2=O)cc(Cl)c1OCc1ccc([N+](=O)[O-])cc1. The number of halogens is 2. The zero-order chi connectivity index (χ0) is 28.1. The van der Waals surface area contributed by atoms with E-state index in [1.54, 1.807) is 30.3 Å². The third-order valence-corrected chi connectivity index (χ3v) is 6.84. The molecule has 0 spiro atoms. The average molecular weight is 614 g/mol. The van der Waals surface area contributed by atoms with Crippen molar-refractivity contribution in [1.29, 1.82) is 0 Å². The van der Waals surface area contributed by atoms with Crippen LogP contribution in [0.15, 0.2) is 69.0 Å². The van der Waals surface area contributed by atoms with E-state index >= 15 is 0 Å². The molecule has 0 N–H and O–H groups in total. The molecule has 0 radical (unpaired) electrons. The molecule has 0 saturated heterocycles. The number of aromatic nitrogens is 2. The van der Waals surface area contributed by atoms with Gasteiger partial charge in [-0.15, -0.1) is 0 Å². The van der Waals surface area contributed by atoms with Gasteiger partial charge in [0.05, 0.1) is 33.7 Å². The van der Waals surface area contributed by atoms with Crippen molar-refractivity contribution in [2.45, 2.75) is 39.7 Å². The van der Waals surface area contributed by atoms with E-state index in [1.165, 1.54) is 23.0 Å². The molecule has 0 unspecified atom stereocenters. The predicted octanol–water partition coefficient (Wildman–Crippen LogP) is 7.09. The molecule has 0 aliphatic heterocycles. The average Bonchev–Trinajstić information content (AvgIpc) is 2.92. The van der Waals surface area contributed by atoms with E-state index in [0.717, 1.165) is 16.5 Å². The molecule has 1 aromatic heterocycles. The van der Waals surface area contributed by atoms with E-state index in [9.17, 15) is 14.9 Å². The predicted molar refractivity (Wildman–Crippen MR) is 155 cm³/mol. The molecule has 39 heavy (non-hydrogen) atoms. The number of nitrogens with zero attached hydrogens (tertiary/aromatic N) is 4. The largest absolute Gasteiger partial charge is 0.490 e. The topological polar surface area (TPSA) is 109 Å². The summed E-state index contributed by atoms with van der Waals surface area (Å²) >= 11 is 9.99. The van der Waals surface area contributed by atoms with E-state index < -0.39 is 4.92 Å². The van der Waals surface area contributed by atoms with Gasteiger partial charge in [-0.05, 0) is 66.9 Å². The van der Waals surface area contributed by atoms with Crippen LogP contribution in [-0.2, 0) is 6.61 Å². The van der Waals surface area contributed by atoms with Crippen molar-refractivity contribution in [3.8, 4) is 11.5 Å². The maximum absolute atomic E-state index is 13.4. The highest BCUT2D eigenvalue weighted by atomic mass is 79.9. The summed E-state index contributed by atoms with van der Waals surface area (Å²) in [7, 11) is 0. The van der Waals surface area contributed by atoms with E-state index in [2.05, 4.69) is 21.0 Å². The van der Waals surface area contributed by atoms with Crippen LogP contribution in [0.1, 0.15) is 50.1 Å². The van der Waals surface area contributed by atoms with Gasteiger partial charge < -0.3 is 9.47 Å². The molecule has 9 nitrogen and oxygen atoms in total. The minimum atomic E-state index is -0.456. The first-order valence-corrected chi connectivity index (χ1v) is 13.5. The number of hydrogen-bond donors (Lipinski definition) is 0. The lowest BCUT2D eigenvalue weighted by atomic mass is 10.1. The number of benzene rings is 3. The number of nitro groups is 1. The summed E-state index contributed by atoms with van der Waals surface area (Å²) in [6.07, 6.45) is 2.32. The highest BCUT2D eigenvalue weighted by Gasteiger charge is 2.17. The molecule has 4 rings (SSSR count). The summed E-state index contributed by atoms with van der Waals surface area (Å²) in [6, 6.07) is 14.9. The summed E-state index contributed by atoms with van der Waals surface area (Å²) < 4.78 is 13.8. The van der Waals surface area contributed by atoms with Crippen LogP contribution in [0, 0.1) is 10.1 Å². The van der Waals surface area contributed by atoms with Crippen molar-refractivity contribution < 1.29 is 14.4 Å². The van der Waals surface area contributed by atoms with Crippen molar-refractivity contribution in [2.24, 2.45) is 5.10 Å². The summed E-state index contributed by atoms with van der Waals surface area (Å²) in [6.45, 7) is 6.37. The van der Waals surface area contributed by atoms with Crippen LogP contribution in [0.3, 0.4) is 0 Å². The van der Waals surface area contributed by atoms with Crippen LogP contribution in [0.2, 0.25) is 5.02 Å². The Bertz CT molecular complexity index is 1600. The van der Waals surface area contributed by atoms with Crippen LogP contribution in [0.4, 0.5) is 5.69 Å². The van der Waals surface area contributed by atoms with Crippen molar-refractivity contribution in [1.82, 2.24) is 9.66 Å². The first-order valence-electron chi connectivity index (χ1n) is 12.3. The van der Waals surface area contributed by atoms with Crippen molar-refractivity contribution >= 4 is 50.3 Å². The van der Waals surface area contributed by atoms with Crippen molar-refractivity contribution in [3.05, 3.63) is 102 Å². The van der Waals surface area contributed by atoms with Gasteiger partial charge >= 0.3 is 0 Å². The third kappa shape index (κ3) is 6.46. The van der Waals surface area contributed by atoms with Crippen LogP contribution < -0.4 is 15.0 Å². The molecule has 0 saturated carbocycles. The summed E-state index contributed by atoms with van der Waals surface area (Å²) in [5.41, 5.74) is 1.67. The number of rotatable bonds is 10. The van der Waals surface area contributed by atoms with Gasteiger partial charge in [-0.25, -0.2) is 4.98 Å². The zero-order valence-electron chi connectivity index (χ0n) is 21.6. The van der Waals surface area contributed by atoms with Gasteiger partial charge in [0.15, 0.2) is 11.5 Å². The summed E-state index contributed by atoms with van der Waals surface area (Å²) in [4.78, 5) is 28.6. The van der Waals surface area contributed by atoms with E-state index in [-0.39, 0.29) is 23.8 Å². The molecule has 3 aromatic carbocycles. The highest BCUT2D eigenvalue weighted by molar-refractivity contribution is 9.10. The van der Waals surface area contributed by atoms with Gasteiger partial charge in [0, 0.05) is 22.5 Å². The molecule has 0 fully saturated rings. The molecule has 202 valence electrons. The maximum atomic E-state index is 13.4. The Kier molecular flexibility index (Phi) is 8.98. The zero-order valence-corrected chi connectivity index (χ0v) is 23.9. The number of ether oxygens (including phenoxy) is 2. The van der Waals surface area contributed by atoms with Gasteiger partial charge in [0.2, 0.25) is 0 Å². The molecule has 0 amide bonds. The minimum absolute atomic E-state index is 0.000250. The maximum Gasteiger partial charge on any atom is 0.282 e. The molecule has 1 heterocycles. The Hall–Kier alpha value is -3.76. The molecular formula is C28H26BrClN4O5. The van der Waals surface area contributed by atoms with Gasteiger partial charge in [0.1, 0.15) is 12.4 Å². The molecule has 1 atom stereocenters. The fourth-order valence-corrected chi connectivity index (χ4v) is 4.47. The second-order valence-electron chi connectivity index (χ2n) is 8.78. The quantitative estimate of drug-likeness (QED) is 0.107. The lowest BCUT2D eigenvalue weighted by molar-refractivity contribution is -0.384.